The van der Waals surface area contributed by atoms with Gasteiger partial charge in [-0.25, -0.2) is 0 Å². The van der Waals surface area contributed by atoms with Gasteiger partial charge in [0.1, 0.15) is 0 Å². The number of nitrogens with zero attached hydrogens (tertiary/aromatic N) is 2. The first-order chi connectivity index (χ1) is 11.8. The molecule has 1 aromatic heterocycles. The predicted octanol–water partition coefficient (Wildman–Crippen LogP) is 4.09. The predicted molar refractivity (Wildman–Crippen MR) is 97.3 cm³/mol. The maximum atomic E-state index is 12.9. The van der Waals surface area contributed by atoms with Crippen molar-refractivity contribution in [2.75, 3.05) is 11.9 Å². The van der Waals surface area contributed by atoms with Gasteiger partial charge in [0.2, 0.25) is 5.91 Å². The van der Waals surface area contributed by atoms with Gasteiger partial charge in [-0.05, 0) is 30.5 Å². The highest BCUT2D eigenvalue weighted by Crippen LogP contribution is 2.37. The Balaban J connectivity index is 1.72. The van der Waals surface area contributed by atoms with Gasteiger partial charge in [0.05, 0.1) is 12.0 Å². The van der Waals surface area contributed by atoms with Crippen molar-refractivity contribution in [3.8, 4) is 0 Å². The zero-order valence-corrected chi connectivity index (χ0v) is 13.8. The third kappa shape index (κ3) is 4.07. The quantitative estimate of drug-likeness (QED) is 0.843. The van der Waals surface area contributed by atoms with E-state index in [-0.39, 0.29) is 5.91 Å². The second-order valence-electron chi connectivity index (χ2n) is 6.41. The van der Waals surface area contributed by atoms with E-state index in [1.165, 1.54) is 6.42 Å². The second-order valence-corrected chi connectivity index (χ2v) is 6.41. The molecule has 1 saturated carbocycles. The normalized spacial score (nSPS) is 16.8. The number of carbonyl (C=O) groups is 1. The summed E-state index contributed by atoms with van der Waals surface area (Å²) in [6.45, 7) is 0.540. The largest absolute Gasteiger partial charge is 0.325 e. The molecule has 1 aliphatic carbocycles. The van der Waals surface area contributed by atoms with Crippen LogP contribution in [0, 0.1) is 5.41 Å². The first kappa shape index (κ1) is 16.4. The van der Waals surface area contributed by atoms with E-state index in [1.807, 2.05) is 48.7 Å². The van der Waals surface area contributed by atoms with Gasteiger partial charge in [0.15, 0.2) is 0 Å². The lowest BCUT2D eigenvalue weighted by Crippen LogP contribution is -2.40. The summed E-state index contributed by atoms with van der Waals surface area (Å²) in [5.41, 5.74) is 1.47. The minimum atomic E-state index is -0.396. The Kier molecular flexibility index (Phi) is 5.36. The fraction of sp³-hybridized carbons (Fsp3) is 0.350. The Bertz CT molecular complexity index is 677. The average molecular weight is 321 g/mol. The molecule has 0 aliphatic heterocycles. The first-order valence-corrected chi connectivity index (χ1v) is 8.55. The van der Waals surface area contributed by atoms with Crippen LogP contribution in [0.1, 0.15) is 37.7 Å². The van der Waals surface area contributed by atoms with E-state index >= 15 is 0 Å². The van der Waals surface area contributed by atoms with Crippen molar-refractivity contribution in [1.29, 1.82) is 0 Å². The van der Waals surface area contributed by atoms with Gasteiger partial charge in [-0.15, -0.1) is 0 Å². The van der Waals surface area contributed by atoms with Crippen molar-refractivity contribution in [2.45, 2.75) is 32.1 Å². The maximum absolute atomic E-state index is 12.9. The van der Waals surface area contributed by atoms with E-state index in [9.17, 15) is 4.79 Å². The molecule has 1 aromatic carbocycles. The summed E-state index contributed by atoms with van der Waals surface area (Å²) in [6, 6.07) is 13.7. The lowest BCUT2D eigenvalue weighted by molar-refractivity contribution is -0.126. The van der Waals surface area contributed by atoms with Gasteiger partial charge in [-0.1, -0.05) is 49.6 Å². The molecule has 3 rings (SSSR count). The minimum absolute atomic E-state index is 0.0820. The summed E-state index contributed by atoms with van der Waals surface area (Å²) >= 11 is 0. The molecule has 1 aliphatic rings. The van der Waals surface area contributed by atoms with Crippen molar-refractivity contribution < 1.29 is 4.79 Å². The van der Waals surface area contributed by atoms with Crippen LogP contribution in [0.4, 0.5) is 5.69 Å². The third-order valence-corrected chi connectivity index (χ3v) is 4.66. The molecule has 4 nitrogen and oxygen atoms in total. The van der Waals surface area contributed by atoms with Crippen molar-refractivity contribution in [3.05, 3.63) is 60.4 Å². The summed E-state index contributed by atoms with van der Waals surface area (Å²) in [6.07, 6.45) is 10.4. The monoisotopic (exact) mass is 321 g/mol. The smallest absolute Gasteiger partial charge is 0.232 e. The number of amides is 1. The molecule has 0 atom stereocenters. The van der Waals surface area contributed by atoms with Gasteiger partial charge in [-0.2, -0.15) is 0 Å². The molecule has 0 spiro atoms. The van der Waals surface area contributed by atoms with Crippen molar-refractivity contribution in [2.24, 2.45) is 10.4 Å². The lowest BCUT2D eigenvalue weighted by Gasteiger charge is -2.34. The lowest BCUT2D eigenvalue weighted by atomic mass is 9.73. The molecule has 2 aromatic rings. The summed E-state index contributed by atoms with van der Waals surface area (Å²) in [4.78, 5) is 21.5. The Morgan fingerprint density at radius 1 is 1.08 bits per heavy atom. The molecule has 1 amide bonds. The molecule has 1 fully saturated rings. The highest BCUT2D eigenvalue weighted by Gasteiger charge is 2.39. The van der Waals surface area contributed by atoms with Crippen molar-refractivity contribution in [3.63, 3.8) is 0 Å². The van der Waals surface area contributed by atoms with E-state index < -0.39 is 5.41 Å². The molecule has 24 heavy (non-hydrogen) atoms. The summed E-state index contributed by atoms with van der Waals surface area (Å²) in [5.74, 6) is 0.0820. The number of carbonyl (C=O) groups excluding carboxylic acids is 1. The first-order valence-electron chi connectivity index (χ1n) is 8.55. The molecule has 4 heteroatoms. The highest BCUT2D eigenvalue weighted by atomic mass is 16.2. The fourth-order valence-electron chi connectivity index (χ4n) is 3.25. The van der Waals surface area contributed by atoms with Gasteiger partial charge < -0.3 is 5.32 Å². The van der Waals surface area contributed by atoms with E-state index in [1.54, 1.807) is 12.4 Å². The number of pyridine rings is 1. The number of nitrogens with one attached hydrogen (secondary N) is 1. The maximum Gasteiger partial charge on any atom is 0.232 e. The zero-order valence-electron chi connectivity index (χ0n) is 13.8. The number of benzene rings is 1. The summed E-state index contributed by atoms with van der Waals surface area (Å²) in [5, 5.41) is 3.05. The molecule has 1 N–H and O–H groups in total. The van der Waals surface area contributed by atoms with Crippen LogP contribution < -0.4 is 5.32 Å². The Morgan fingerprint density at radius 2 is 1.79 bits per heavy atom. The second kappa shape index (κ2) is 7.86. The molecule has 0 radical (unpaired) electrons. The fourth-order valence-corrected chi connectivity index (χ4v) is 3.25. The summed E-state index contributed by atoms with van der Waals surface area (Å²) < 4.78 is 0. The minimum Gasteiger partial charge on any atom is -0.325 e. The Labute approximate surface area is 143 Å². The third-order valence-electron chi connectivity index (χ3n) is 4.66. The Morgan fingerprint density at radius 3 is 2.50 bits per heavy atom. The highest BCUT2D eigenvalue weighted by molar-refractivity contribution is 5.95. The number of hydrogen-bond donors (Lipinski definition) is 1. The number of anilines is 1. The van der Waals surface area contributed by atoms with Gasteiger partial charge in [-0.3, -0.25) is 14.8 Å². The SMILES string of the molecule is O=C(Nc1ccncc1)C1(CN=Cc2ccccc2)CCCCC1. The van der Waals surface area contributed by atoms with Gasteiger partial charge in [0.25, 0.3) is 0 Å². The van der Waals surface area contributed by atoms with Crippen LogP contribution in [0.2, 0.25) is 0 Å². The number of hydrogen-bond acceptors (Lipinski definition) is 3. The van der Waals surface area contributed by atoms with E-state index in [4.69, 9.17) is 0 Å². The van der Waals surface area contributed by atoms with Gasteiger partial charge in [0, 0.05) is 24.3 Å². The number of rotatable bonds is 5. The standard InChI is InChI=1S/C20H23N3O/c24-19(23-18-9-13-21-14-10-18)20(11-5-2-6-12-20)16-22-15-17-7-3-1-4-8-17/h1,3-4,7-10,13-15H,2,5-6,11-12,16H2,(H,21,23,24). The van der Waals surface area contributed by atoms with E-state index in [2.05, 4.69) is 15.3 Å². The van der Waals surface area contributed by atoms with Crippen LogP contribution in [0.5, 0.6) is 0 Å². The molecule has 0 saturated heterocycles. The van der Waals surface area contributed by atoms with Crippen LogP contribution in [-0.4, -0.2) is 23.7 Å². The van der Waals surface area contributed by atoms with Crippen LogP contribution >= 0.6 is 0 Å². The van der Waals surface area contributed by atoms with Crippen molar-refractivity contribution in [1.82, 2.24) is 4.98 Å². The molecular weight excluding hydrogens is 298 g/mol. The average Bonchev–Trinajstić information content (AvgIpc) is 2.64. The molecule has 0 unspecified atom stereocenters. The molecular formula is C20H23N3O. The van der Waals surface area contributed by atoms with E-state index in [0.29, 0.717) is 6.54 Å². The number of aromatic nitrogens is 1. The van der Waals surface area contributed by atoms with Gasteiger partial charge >= 0.3 is 0 Å². The molecule has 124 valence electrons. The number of aliphatic imine (C=N–C) groups is 1. The topological polar surface area (TPSA) is 54.4 Å². The van der Waals surface area contributed by atoms with Crippen LogP contribution in [-0.2, 0) is 4.79 Å². The molecule has 1 heterocycles. The van der Waals surface area contributed by atoms with E-state index in [0.717, 1.165) is 36.9 Å². The van der Waals surface area contributed by atoms with Crippen LogP contribution in [0.15, 0.2) is 59.9 Å². The summed E-state index contributed by atoms with van der Waals surface area (Å²) in [7, 11) is 0. The van der Waals surface area contributed by atoms with Crippen LogP contribution in [0.25, 0.3) is 0 Å². The van der Waals surface area contributed by atoms with Crippen LogP contribution in [0.3, 0.4) is 0 Å². The Hall–Kier alpha value is -2.49. The van der Waals surface area contributed by atoms with Crippen molar-refractivity contribution >= 4 is 17.8 Å². The molecule has 0 bridgehead atoms. The zero-order chi connectivity index (χ0) is 16.7.